The zero-order valence-electron chi connectivity index (χ0n) is 23.6. The molecule has 1 atom stereocenters. The first-order valence-corrected chi connectivity index (χ1v) is 14.2. The van der Waals surface area contributed by atoms with Crippen LogP contribution < -0.4 is 19.7 Å². The highest BCUT2D eigenvalue weighted by atomic mass is 19.4. The number of aromatic nitrogens is 3. The third-order valence-electron chi connectivity index (χ3n) is 8.57. The molecule has 9 nitrogen and oxygen atoms in total. The first-order valence-electron chi connectivity index (χ1n) is 14.2. The maximum atomic E-state index is 14.3. The van der Waals surface area contributed by atoms with Crippen molar-refractivity contribution in [2.24, 2.45) is 0 Å². The van der Waals surface area contributed by atoms with E-state index in [1.54, 1.807) is 11.1 Å². The lowest BCUT2D eigenvalue weighted by atomic mass is 9.68. The predicted octanol–water partition coefficient (Wildman–Crippen LogP) is 4.21. The molecule has 0 unspecified atom stereocenters. The fourth-order valence-electron chi connectivity index (χ4n) is 6.49. The Labute approximate surface area is 242 Å². The highest BCUT2D eigenvalue weighted by Crippen LogP contribution is 2.46. The largest absolute Gasteiger partial charge is 0.481 e. The van der Waals surface area contributed by atoms with E-state index in [1.165, 1.54) is 19.2 Å². The van der Waals surface area contributed by atoms with Crippen LogP contribution in [0.1, 0.15) is 43.1 Å². The number of piperidine rings is 1. The van der Waals surface area contributed by atoms with Crippen molar-refractivity contribution in [3.05, 3.63) is 59.5 Å². The number of anilines is 1. The number of ether oxygens (including phenoxy) is 2. The molecule has 3 aromatic rings. The van der Waals surface area contributed by atoms with Gasteiger partial charge < -0.3 is 24.6 Å². The van der Waals surface area contributed by atoms with E-state index in [9.17, 15) is 18.0 Å². The second kappa shape index (κ2) is 11.0. The van der Waals surface area contributed by atoms with Gasteiger partial charge in [0, 0.05) is 37.9 Å². The summed E-state index contributed by atoms with van der Waals surface area (Å²) in [5.74, 6) is 0.422. The van der Waals surface area contributed by atoms with Gasteiger partial charge in [-0.25, -0.2) is 9.97 Å². The van der Waals surface area contributed by atoms with Crippen molar-refractivity contribution in [2.75, 3.05) is 44.8 Å². The standard InChI is InChI=1S/C30H33F3N6O3/c1-3-42-27-20(5-4-13-35-27)22-7-6-21-23(36-22)18-39(19-10-14-34-17-19)28(40)29(21)11-15-38(16-12-29)24-8-9-25(41-2)37-26(24)30(31,32)33/h4-9,13,19,34H,3,10-12,14-18H2,1-2H3/t19-/m1/s1. The van der Waals surface area contributed by atoms with Crippen molar-refractivity contribution in [1.82, 2.24) is 25.2 Å². The van der Waals surface area contributed by atoms with E-state index in [-0.39, 0.29) is 36.6 Å². The number of carbonyl (C=O) groups is 1. The third-order valence-corrected chi connectivity index (χ3v) is 8.57. The molecule has 6 heterocycles. The summed E-state index contributed by atoms with van der Waals surface area (Å²) in [4.78, 5) is 31.1. The molecular formula is C30H33F3N6O3. The minimum Gasteiger partial charge on any atom is -0.481 e. The molecule has 1 spiro atoms. The summed E-state index contributed by atoms with van der Waals surface area (Å²) in [5, 5.41) is 3.35. The van der Waals surface area contributed by atoms with Gasteiger partial charge in [0.05, 0.1) is 48.3 Å². The van der Waals surface area contributed by atoms with E-state index in [2.05, 4.69) is 15.3 Å². The molecule has 1 amide bonds. The van der Waals surface area contributed by atoms with Crippen LogP contribution in [-0.2, 0) is 22.9 Å². The molecular weight excluding hydrogens is 549 g/mol. The molecule has 0 saturated carbocycles. The summed E-state index contributed by atoms with van der Waals surface area (Å²) >= 11 is 0. The van der Waals surface area contributed by atoms with Crippen LogP contribution in [0.3, 0.4) is 0 Å². The minimum absolute atomic E-state index is 0.00742. The molecule has 0 radical (unpaired) electrons. The number of hydrogen-bond acceptors (Lipinski definition) is 8. The molecule has 3 aliphatic heterocycles. The second-order valence-electron chi connectivity index (χ2n) is 10.8. The zero-order valence-corrected chi connectivity index (χ0v) is 23.6. The lowest BCUT2D eigenvalue weighted by molar-refractivity contribution is -0.143. The summed E-state index contributed by atoms with van der Waals surface area (Å²) in [6.07, 6.45) is -1.42. The normalized spacial score (nSPS) is 20.1. The van der Waals surface area contributed by atoms with Gasteiger partial charge >= 0.3 is 6.18 Å². The van der Waals surface area contributed by atoms with E-state index in [0.29, 0.717) is 44.1 Å². The number of nitrogens with one attached hydrogen (secondary N) is 1. The topological polar surface area (TPSA) is 92.7 Å². The number of alkyl halides is 3. The van der Waals surface area contributed by atoms with Crippen molar-refractivity contribution in [3.8, 4) is 23.0 Å². The highest BCUT2D eigenvalue weighted by molar-refractivity contribution is 5.91. The van der Waals surface area contributed by atoms with E-state index in [0.717, 1.165) is 29.8 Å². The molecule has 0 bridgehead atoms. The second-order valence-corrected chi connectivity index (χ2v) is 10.8. The van der Waals surface area contributed by atoms with Crippen molar-refractivity contribution in [3.63, 3.8) is 0 Å². The van der Waals surface area contributed by atoms with Crippen LogP contribution in [0.25, 0.3) is 11.3 Å². The van der Waals surface area contributed by atoms with Crippen molar-refractivity contribution >= 4 is 11.6 Å². The molecule has 12 heteroatoms. The number of methoxy groups -OCH3 is 1. The van der Waals surface area contributed by atoms with Crippen LogP contribution in [0, 0.1) is 0 Å². The molecule has 3 aliphatic rings. The predicted molar refractivity (Wildman–Crippen MR) is 149 cm³/mol. The number of amides is 1. The summed E-state index contributed by atoms with van der Waals surface area (Å²) in [5.41, 5.74) is 1.25. The Morgan fingerprint density at radius 2 is 1.93 bits per heavy atom. The Balaban J connectivity index is 1.37. The van der Waals surface area contributed by atoms with Gasteiger partial charge in [-0.1, -0.05) is 6.07 Å². The monoisotopic (exact) mass is 582 g/mol. The van der Waals surface area contributed by atoms with E-state index >= 15 is 0 Å². The smallest absolute Gasteiger partial charge is 0.435 e. The summed E-state index contributed by atoms with van der Waals surface area (Å²) in [7, 11) is 1.29. The van der Waals surface area contributed by atoms with E-state index < -0.39 is 17.3 Å². The van der Waals surface area contributed by atoms with Crippen LogP contribution in [-0.4, -0.2) is 71.7 Å². The number of carbonyl (C=O) groups excluding carboxylic acids is 1. The van der Waals surface area contributed by atoms with Gasteiger partial charge in [0.1, 0.15) is 0 Å². The Morgan fingerprint density at radius 1 is 1.12 bits per heavy atom. The number of hydrogen-bond donors (Lipinski definition) is 1. The summed E-state index contributed by atoms with van der Waals surface area (Å²) < 4.78 is 52.6. The molecule has 0 aromatic carbocycles. The fourth-order valence-corrected chi connectivity index (χ4v) is 6.49. The zero-order chi connectivity index (χ0) is 29.5. The first-order chi connectivity index (χ1) is 20.2. The molecule has 3 aromatic heterocycles. The van der Waals surface area contributed by atoms with Gasteiger partial charge in [0.15, 0.2) is 5.69 Å². The maximum absolute atomic E-state index is 14.3. The van der Waals surface area contributed by atoms with Crippen LogP contribution in [0.4, 0.5) is 18.9 Å². The summed E-state index contributed by atoms with van der Waals surface area (Å²) in [6, 6.07) is 10.5. The van der Waals surface area contributed by atoms with Crippen LogP contribution in [0.5, 0.6) is 11.8 Å². The SMILES string of the molecule is CCOc1ncccc1-c1ccc2c(n1)CN([C@@H]1CCNC1)C(=O)C21CCN(c2ccc(OC)nc2C(F)(F)F)CC1. The maximum Gasteiger partial charge on any atom is 0.435 e. The van der Waals surface area contributed by atoms with E-state index in [1.807, 2.05) is 36.1 Å². The minimum atomic E-state index is -4.65. The average Bonchev–Trinajstić information content (AvgIpc) is 3.54. The van der Waals surface area contributed by atoms with Gasteiger partial charge in [-0.3, -0.25) is 9.78 Å². The van der Waals surface area contributed by atoms with E-state index in [4.69, 9.17) is 14.5 Å². The molecule has 42 heavy (non-hydrogen) atoms. The molecule has 1 N–H and O–H groups in total. The highest BCUT2D eigenvalue weighted by Gasteiger charge is 2.52. The van der Waals surface area contributed by atoms with Gasteiger partial charge in [0.2, 0.25) is 17.7 Å². The lowest BCUT2D eigenvalue weighted by Gasteiger charge is -2.49. The number of halogens is 3. The molecule has 222 valence electrons. The fraction of sp³-hybridized carbons (Fsp3) is 0.467. The third kappa shape index (κ3) is 4.91. The van der Waals surface area contributed by atoms with Gasteiger partial charge in [0.25, 0.3) is 0 Å². The number of pyridine rings is 3. The van der Waals surface area contributed by atoms with Gasteiger partial charge in [-0.2, -0.15) is 13.2 Å². The van der Waals surface area contributed by atoms with Crippen LogP contribution in [0.2, 0.25) is 0 Å². The molecule has 2 fully saturated rings. The molecule has 0 aliphatic carbocycles. The van der Waals surface area contributed by atoms with Crippen molar-refractivity contribution in [2.45, 2.75) is 50.4 Å². The lowest BCUT2D eigenvalue weighted by Crippen LogP contribution is -2.58. The first kappa shape index (κ1) is 28.2. The number of fused-ring (bicyclic) bond motifs is 2. The van der Waals surface area contributed by atoms with Crippen molar-refractivity contribution < 1.29 is 27.4 Å². The summed E-state index contributed by atoms with van der Waals surface area (Å²) in [6.45, 7) is 4.79. The van der Waals surface area contributed by atoms with Crippen LogP contribution >= 0.6 is 0 Å². The number of nitrogens with zero attached hydrogens (tertiary/aromatic N) is 5. The van der Waals surface area contributed by atoms with Gasteiger partial charge in [-0.05, 0) is 62.6 Å². The average molecular weight is 583 g/mol. The Bertz CT molecular complexity index is 1470. The Hall–Kier alpha value is -3.93. The Kier molecular flexibility index (Phi) is 7.42. The van der Waals surface area contributed by atoms with Crippen molar-refractivity contribution in [1.29, 1.82) is 0 Å². The molecule has 6 rings (SSSR count). The Morgan fingerprint density at radius 3 is 2.62 bits per heavy atom. The number of rotatable bonds is 6. The van der Waals surface area contributed by atoms with Gasteiger partial charge in [-0.15, -0.1) is 0 Å². The molecule has 2 saturated heterocycles. The van der Waals surface area contributed by atoms with Crippen LogP contribution in [0.15, 0.2) is 42.6 Å². The quantitative estimate of drug-likeness (QED) is 0.463.